The number of carbonyl (C=O) groups excluding carboxylic acids is 2. The molecule has 0 saturated carbocycles. The topological polar surface area (TPSA) is 73.9 Å². The van der Waals surface area contributed by atoms with Crippen molar-refractivity contribution >= 4 is 17.6 Å². The van der Waals surface area contributed by atoms with Crippen molar-refractivity contribution in [2.45, 2.75) is 26.9 Å². The minimum absolute atomic E-state index is 0.418. The molecule has 0 spiro atoms. The second-order valence-electron chi connectivity index (χ2n) is 6.19. The Kier molecular flexibility index (Phi) is 5.11. The summed E-state index contributed by atoms with van der Waals surface area (Å²) in [5.41, 5.74) is 3.05. The number of amides is 1. The summed E-state index contributed by atoms with van der Waals surface area (Å²) in [6, 6.07) is 10.4. The van der Waals surface area contributed by atoms with Crippen LogP contribution < -0.4 is 14.8 Å². The summed E-state index contributed by atoms with van der Waals surface area (Å²) in [4.78, 5) is 24.5. The molecule has 6 nitrogen and oxygen atoms in total. The first-order chi connectivity index (χ1) is 12.4. The number of aryl methyl sites for hydroxylation is 2. The summed E-state index contributed by atoms with van der Waals surface area (Å²) in [6.07, 6.45) is -0.933. The lowest BCUT2D eigenvalue weighted by molar-refractivity contribution is -0.123. The molecule has 26 heavy (non-hydrogen) atoms. The van der Waals surface area contributed by atoms with Crippen molar-refractivity contribution in [2.24, 2.45) is 0 Å². The molecule has 0 aliphatic carbocycles. The molecular formula is C20H21NO5. The zero-order valence-corrected chi connectivity index (χ0v) is 15.0. The minimum atomic E-state index is -0.933. The van der Waals surface area contributed by atoms with Gasteiger partial charge >= 0.3 is 5.97 Å². The molecule has 1 N–H and O–H groups in total. The van der Waals surface area contributed by atoms with Gasteiger partial charge in [-0.25, -0.2) is 4.79 Å². The van der Waals surface area contributed by atoms with Crippen molar-refractivity contribution in [1.29, 1.82) is 0 Å². The van der Waals surface area contributed by atoms with Crippen LogP contribution in [-0.4, -0.2) is 31.2 Å². The van der Waals surface area contributed by atoms with Gasteiger partial charge in [-0.05, 0) is 56.2 Å². The van der Waals surface area contributed by atoms with Crippen LogP contribution in [0.25, 0.3) is 0 Å². The maximum atomic E-state index is 12.3. The van der Waals surface area contributed by atoms with Gasteiger partial charge in [-0.1, -0.05) is 6.07 Å². The van der Waals surface area contributed by atoms with Crippen LogP contribution in [0.2, 0.25) is 0 Å². The van der Waals surface area contributed by atoms with Crippen molar-refractivity contribution < 1.29 is 23.8 Å². The number of benzene rings is 2. The number of esters is 1. The molecule has 0 unspecified atom stereocenters. The first-order valence-electron chi connectivity index (χ1n) is 8.43. The van der Waals surface area contributed by atoms with Crippen LogP contribution in [0.15, 0.2) is 36.4 Å². The number of hydrogen-bond donors (Lipinski definition) is 1. The van der Waals surface area contributed by atoms with E-state index in [1.165, 1.54) is 6.92 Å². The Morgan fingerprint density at radius 1 is 1.00 bits per heavy atom. The highest BCUT2D eigenvalue weighted by atomic mass is 16.6. The standard InChI is InChI=1S/C20H21NO5/c1-12-4-5-15(10-13(12)2)20(23)26-14(3)19(22)21-16-6-7-17-18(11-16)25-9-8-24-17/h4-7,10-11,14H,8-9H2,1-3H3,(H,21,22)/t14-/m1/s1. The van der Waals surface area contributed by atoms with Crippen LogP contribution >= 0.6 is 0 Å². The number of ether oxygens (including phenoxy) is 3. The van der Waals surface area contributed by atoms with Gasteiger partial charge in [0.15, 0.2) is 17.6 Å². The lowest BCUT2D eigenvalue weighted by Gasteiger charge is -2.19. The molecule has 136 valence electrons. The van der Waals surface area contributed by atoms with Gasteiger partial charge in [0.2, 0.25) is 0 Å². The van der Waals surface area contributed by atoms with E-state index in [-0.39, 0.29) is 0 Å². The predicted molar refractivity (Wildman–Crippen MR) is 96.9 cm³/mol. The Labute approximate surface area is 152 Å². The maximum absolute atomic E-state index is 12.3. The summed E-state index contributed by atoms with van der Waals surface area (Å²) in [5, 5.41) is 2.72. The molecule has 1 heterocycles. The van der Waals surface area contributed by atoms with Gasteiger partial charge in [-0.15, -0.1) is 0 Å². The average molecular weight is 355 g/mol. The highest BCUT2D eigenvalue weighted by molar-refractivity contribution is 5.97. The van der Waals surface area contributed by atoms with Crippen LogP contribution in [0.5, 0.6) is 11.5 Å². The van der Waals surface area contributed by atoms with E-state index in [1.807, 2.05) is 19.9 Å². The van der Waals surface area contributed by atoms with Gasteiger partial charge in [0.1, 0.15) is 13.2 Å². The smallest absolute Gasteiger partial charge is 0.338 e. The first kappa shape index (κ1) is 17.8. The third-order valence-corrected chi connectivity index (χ3v) is 4.21. The monoisotopic (exact) mass is 355 g/mol. The molecule has 2 aromatic rings. The van der Waals surface area contributed by atoms with Crippen molar-refractivity contribution in [3.63, 3.8) is 0 Å². The van der Waals surface area contributed by atoms with Crippen LogP contribution in [0.3, 0.4) is 0 Å². The molecule has 0 saturated heterocycles. The summed E-state index contributed by atoms with van der Waals surface area (Å²) in [7, 11) is 0. The van der Waals surface area contributed by atoms with Crippen molar-refractivity contribution in [2.75, 3.05) is 18.5 Å². The fourth-order valence-electron chi connectivity index (χ4n) is 2.52. The Bertz CT molecular complexity index is 846. The van der Waals surface area contributed by atoms with E-state index in [0.29, 0.717) is 36.0 Å². The highest BCUT2D eigenvalue weighted by Gasteiger charge is 2.20. The number of carbonyl (C=O) groups is 2. The number of hydrogen-bond acceptors (Lipinski definition) is 5. The van der Waals surface area contributed by atoms with E-state index < -0.39 is 18.0 Å². The summed E-state index contributed by atoms with van der Waals surface area (Å²) < 4.78 is 16.2. The Balaban J connectivity index is 1.62. The van der Waals surface area contributed by atoms with E-state index in [2.05, 4.69) is 5.32 Å². The zero-order valence-electron chi connectivity index (χ0n) is 15.0. The quantitative estimate of drug-likeness (QED) is 0.852. The van der Waals surface area contributed by atoms with Gasteiger partial charge in [0, 0.05) is 11.8 Å². The van der Waals surface area contributed by atoms with Crippen LogP contribution in [-0.2, 0) is 9.53 Å². The Hall–Kier alpha value is -3.02. The van der Waals surface area contributed by atoms with E-state index in [9.17, 15) is 9.59 Å². The molecule has 3 rings (SSSR count). The molecule has 0 bridgehead atoms. The third kappa shape index (κ3) is 3.96. The van der Waals surface area contributed by atoms with Crippen molar-refractivity contribution in [1.82, 2.24) is 0 Å². The molecule has 1 aliphatic rings. The van der Waals surface area contributed by atoms with Gasteiger partial charge in [0.25, 0.3) is 5.91 Å². The Morgan fingerprint density at radius 3 is 2.46 bits per heavy atom. The summed E-state index contributed by atoms with van der Waals surface area (Å²) in [6.45, 7) is 6.39. The molecule has 0 aromatic heterocycles. The number of anilines is 1. The molecule has 1 amide bonds. The fraction of sp³-hybridized carbons (Fsp3) is 0.300. The predicted octanol–water partition coefficient (Wildman–Crippen LogP) is 3.26. The first-order valence-corrected chi connectivity index (χ1v) is 8.43. The normalized spacial score (nSPS) is 13.7. The van der Waals surface area contributed by atoms with E-state index in [1.54, 1.807) is 30.3 Å². The van der Waals surface area contributed by atoms with E-state index >= 15 is 0 Å². The van der Waals surface area contributed by atoms with E-state index in [0.717, 1.165) is 11.1 Å². The van der Waals surface area contributed by atoms with Crippen molar-refractivity contribution in [3.05, 3.63) is 53.1 Å². The van der Waals surface area contributed by atoms with Crippen molar-refractivity contribution in [3.8, 4) is 11.5 Å². The van der Waals surface area contributed by atoms with Crippen LogP contribution in [0.4, 0.5) is 5.69 Å². The Morgan fingerprint density at radius 2 is 1.73 bits per heavy atom. The lowest BCUT2D eigenvalue weighted by Crippen LogP contribution is -2.30. The second-order valence-corrected chi connectivity index (χ2v) is 6.19. The fourth-order valence-corrected chi connectivity index (χ4v) is 2.52. The van der Waals surface area contributed by atoms with Gasteiger partial charge in [-0.3, -0.25) is 4.79 Å². The lowest BCUT2D eigenvalue weighted by atomic mass is 10.1. The molecule has 0 fully saturated rings. The van der Waals surface area contributed by atoms with Crippen LogP contribution in [0.1, 0.15) is 28.4 Å². The van der Waals surface area contributed by atoms with Gasteiger partial charge in [0.05, 0.1) is 5.56 Å². The molecular weight excluding hydrogens is 334 g/mol. The largest absolute Gasteiger partial charge is 0.486 e. The van der Waals surface area contributed by atoms with E-state index in [4.69, 9.17) is 14.2 Å². The maximum Gasteiger partial charge on any atom is 0.338 e. The number of rotatable bonds is 4. The van der Waals surface area contributed by atoms with Gasteiger partial charge < -0.3 is 19.5 Å². The SMILES string of the molecule is Cc1ccc(C(=O)O[C@H](C)C(=O)Nc2ccc3c(c2)OCCO3)cc1C. The average Bonchev–Trinajstić information content (AvgIpc) is 2.63. The van der Waals surface area contributed by atoms with Crippen LogP contribution in [0, 0.1) is 13.8 Å². The summed E-state index contributed by atoms with van der Waals surface area (Å²) >= 11 is 0. The second kappa shape index (κ2) is 7.47. The highest BCUT2D eigenvalue weighted by Crippen LogP contribution is 2.32. The molecule has 1 aliphatic heterocycles. The number of nitrogens with one attached hydrogen (secondary N) is 1. The molecule has 2 aromatic carbocycles. The molecule has 6 heteroatoms. The minimum Gasteiger partial charge on any atom is -0.486 e. The molecule has 0 radical (unpaired) electrons. The number of fused-ring (bicyclic) bond motifs is 1. The third-order valence-electron chi connectivity index (χ3n) is 4.21. The van der Waals surface area contributed by atoms with Gasteiger partial charge in [-0.2, -0.15) is 0 Å². The zero-order chi connectivity index (χ0) is 18.7. The summed E-state index contributed by atoms with van der Waals surface area (Å²) in [5.74, 6) is 0.272. The molecule has 1 atom stereocenters.